The molecule has 3 nitrogen and oxygen atoms in total. The minimum Gasteiger partial charge on any atom is -0.411 e. The zero-order valence-electron chi connectivity index (χ0n) is 9.99. The number of nitrogens with one attached hydrogen (secondary N) is 1. The normalized spacial score (nSPS) is 42.8. The second kappa shape index (κ2) is 4.36. The van der Waals surface area contributed by atoms with Crippen LogP contribution in [-0.4, -0.2) is 30.1 Å². The molecule has 3 rings (SSSR count). The van der Waals surface area contributed by atoms with Crippen molar-refractivity contribution in [2.45, 2.75) is 51.0 Å². The van der Waals surface area contributed by atoms with Gasteiger partial charge < -0.3 is 10.1 Å². The Bertz CT molecular complexity index is 284. The minimum atomic E-state index is 0.608. The number of hydrogen-bond donors (Lipinski definition) is 2. The standard InChI is InChI=1S/C13H22N2O/c16-14-13-10-4-6-11(13)12(7-5-10)15-8-2-1-3-9-15/h10-12,16H,1-9H2/p+1/t10-,11+,12-/m1/s1. The van der Waals surface area contributed by atoms with E-state index in [1.165, 1.54) is 58.0 Å². The van der Waals surface area contributed by atoms with Gasteiger partial charge in [-0.2, -0.15) is 0 Å². The molecule has 2 bridgehead atoms. The first-order chi connectivity index (χ1) is 7.90. The topological polar surface area (TPSA) is 37.0 Å². The fraction of sp³-hybridized carbons (Fsp3) is 0.923. The predicted molar refractivity (Wildman–Crippen MR) is 63.0 cm³/mol. The Morgan fingerprint density at radius 1 is 1.00 bits per heavy atom. The van der Waals surface area contributed by atoms with Crippen molar-refractivity contribution in [1.29, 1.82) is 0 Å². The molecule has 3 heteroatoms. The lowest BCUT2D eigenvalue weighted by atomic mass is 9.81. The van der Waals surface area contributed by atoms with E-state index in [2.05, 4.69) is 5.16 Å². The molecule has 1 saturated heterocycles. The third kappa shape index (κ3) is 1.65. The molecule has 1 aliphatic heterocycles. The van der Waals surface area contributed by atoms with Crippen LogP contribution in [0.15, 0.2) is 5.16 Å². The SMILES string of the molecule is ON=C1[C@@H]2CC[C@H]1[C@H]([NH+]1CCCCC1)CC2. The van der Waals surface area contributed by atoms with Gasteiger partial charge in [0.2, 0.25) is 0 Å². The molecule has 0 aromatic rings. The van der Waals surface area contributed by atoms with Crippen LogP contribution in [0.25, 0.3) is 0 Å². The second-order valence-electron chi connectivity index (χ2n) is 5.81. The molecule has 0 amide bonds. The molecule has 3 fully saturated rings. The number of oxime groups is 1. The third-order valence-corrected chi connectivity index (χ3v) is 5.07. The van der Waals surface area contributed by atoms with Gasteiger partial charge in [0, 0.05) is 12.3 Å². The summed E-state index contributed by atoms with van der Waals surface area (Å²) >= 11 is 0. The monoisotopic (exact) mass is 223 g/mol. The van der Waals surface area contributed by atoms with Crippen molar-refractivity contribution in [3.05, 3.63) is 0 Å². The summed E-state index contributed by atoms with van der Waals surface area (Å²) in [6, 6.07) is 0.768. The Morgan fingerprint density at radius 3 is 2.50 bits per heavy atom. The fourth-order valence-corrected chi connectivity index (χ4v) is 4.28. The molecule has 2 aliphatic carbocycles. The maximum absolute atomic E-state index is 9.17. The number of piperidine rings is 1. The highest BCUT2D eigenvalue weighted by atomic mass is 16.4. The third-order valence-electron chi connectivity index (χ3n) is 5.07. The molecule has 0 aromatic carbocycles. The van der Waals surface area contributed by atoms with Crippen LogP contribution >= 0.6 is 0 Å². The van der Waals surface area contributed by atoms with Gasteiger partial charge in [-0.05, 0) is 38.5 Å². The zero-order chi connectivity index (χ0) is 11.0. The molecule has 1 heterocycles. The van der Waals surface area contributed by atoms with Crippen LogP contribution in [0.3, 0.4) is 0 Å². The minimum absolute atomic E-state index is 0.608. The summed E-state index contributed by atoms with van der Waals surface area (Å²) in [6.07, 6.45) is 9.39. The number of hydrogen-bond acceptors (Lipinski definition) is 2. The van der Waals surface area contributed by atoms with Crippen LogP contribution in [0.2, 0.25) is 0 Å². The molecule has 0 aromatic heterocycles. The zero-order valence-corrected chi connectivity index (χ0v) is 9.99. The Balaban J connectivity index is 1.75. The van der Waals surface area contributed by atoms with E-state index in [0.29, 0.717) is 11.8 Å². The van der Waals surface area contributed by atoms with Crippen molar-refractivity contribution < 1.29 is 10.1 Å². The van der Waals surface area contributed by atoms with Gasteiger partial charge in [-0.25, -0.2) is 0 Å². The number of fused-ring (bicyclic) bond motifs is 2. The molecule has 0 radical (unpaired) electrons. The van der Waals surface area contributed by atoms with E-state index in [4.69, 9.17) is 5.21 Å². The number of likely N-dealkylation sites (tertiary alicyclic amines) is 1. The highest BCUT2D eigenvalue weighted by Gasteiger charge is 2.46. The van der Waals surface area contributed by atoms with E-state index in [9.17, 15) is 0 Å². The summed E-state index contributed by atoms with van der Waals surface area (Å²) in [5.74, 6) is 1.23. The first-order valence-electron chi connectivity index (χ1n) is 6.96. The summed E-state index contributed by atoms with van der Waals surface area (Å²) in [4.78, 5) is 1.80. The molecule has 3 atom stereocenters. The average Bonchev–Trinajstić information content (AvgIpc) is 2.63. The van der Waals surface area contributed by atoms with Crippen molar-refractivity contribution in [3.63, 3.8) is 0 Å². The van der Waals surface area contributed by atoms with Gasteiger partial charge in [-0.3, -0.25) is 0 Å². The van der Waals surface area contributed by atoms with Crippen LogP contribution in [0.1, 0.15) is 44.9 Å². The van der Waals surface area contributed by atoms with E-state index in [1.54, 1.807) is 4.90 Å². The number of rotatable bonds is 1. The molecule has 3 aliphatic rings. The first kappa shape index (κ1) is 10.6. The van der Waals surface area contributed by atoms with Crippen molar-refractivity contribution in [1.82, 2.24) is 0 Å². The summed E-state index contributed by atoms with van der Waals surface area (Å²) in [6.45, 7) is 2.70. The maximum atomic E-state index is 9.17. The van der Waals surface area contributed by atoms with Crippen molar-refractivity contribution >= 4 is 5.71 Å². The Labute approximate surface area is 97.5 Å². The highest BCUT2D eigenvalue weighted by Crippen LogP contribution is 2.39. The van der Waals surface area contributed by atoms with Crippen LogP contribution in [-0.2, 0) is 0 Å². The molecule has 90 valence electrons. The van der Waals surface area contributed by atoms with Crippen molar-refractivity contribution in [3.8, 4) is 0 Å². The lowest BCUT2D eigenvalue weighted by Gasteiger charge is -2.37. The maximum Gasteiger partial charge on any atom is 0.0957 e. The van der Waals surface area contributed by atoms with E-state index in [-0.39, 0.29) is 0 Å². The molecular weight excluding hydrogens is 200 g/mol. The smallest absolute Gasteiger partial charge is 0.0957 e. The summed E-state index contributed by atoms with van der Waals surface area (Å²) < 4.78 is 0. The van der Waals surface area contributed by atoms with Gasteiger partial charge in [0.1, 0.15) is 0 Å². The average molecular weight is 223 g/mol. The van der Waals surface area contributed by atoms with Crippen LogP contribution in [0.4, 0.5) is 0 Å². The van der Waals surface area contributed by atoms with Crippen molar-refractivity contribution in [2.24, 2.45) is 17.0 Å². The lowest BCUT2D eigenvalue weighted by molar-refractivity contribution is -0.933. The van der Waals surface area contributed by atoms with Crippen molar-refractivity contribution in [2.75, 3.05) is 13.1 Å². The Morgan fingerprint density at radius 2 is 1.75 bits per heavy atom. The fourth-order valence-electron chi connectivity index (χ4n) is 4.28. The lowest BCUT2D eigenvalue weighted by Crippen LogP contribution is -3.17. The van der Waals surface area contributed by atoms with Gasteiger partial charge in [0.15, 0.2) is 0 Å². The van der Waals surface area contributed by atoms with E-state index in [1.807, 2.05) is 0 Å². The summed E-state index contributed by atoms with van der Waals surface area (Å²) in [5, 5.41) is 12.8. The Hall–Kier alpha value is -0.570. The van der Waals surface area contributed by atoms with E-state index >= 15 is 0 Å². The van der Waals surface area contributed by atoms with Crippen LogP contribution < -0.4 is 4.90 Å². The quantitative estimate of drug-likeness (QED) is 0.506. The largest absolute Gasteiger partial charge is 0.411 e. The molecule has 0 spiro atoms. The van der Waals surface area contributed by atoms with Gasteiger partial charge in [0.25, 0.3) is 0 Å². The van der Waals surface area contributed by atoms with Gasteiger partial charge in [-0.15, -0.1) is 0 Å². The van der Waals surface area contributed by atoms with E-state index < -0.39 is 0 Å². The summed E-state index contributed by atoms with van der Waals surface area (Å²) in [5.41, 5.74) is 1.15. The molecule has 16 heavy (non-hydrogen) atoms. The second-order valence-corrected chi connectivity index (χ2v) is 5.81. The molecule has 2 saturated carbocycles. The Kier molecular flexibility index (Phi) is 2.88. The molecule has 2 N–H and O–H groups in total. The number of nitrogens with zero attached hydrogens (tertiary/aromatic N) is 1. The number of quaternary nitrogens is 1. The van der Waals surface area contributed by atoms with Crippen LogP contribution in [0.5, 0.6) is 0 Å². The van der Waals surface area contributed by atoms with Gasteiger partial charge in [-0.1, -0.05) is 5.16 Å². The van der Waals surface area contributed by atoms with Gasteiger partial charge >= 0.3 is 0 Å². The summed E-state index contributed by atoms with van der Waals surface area (Å²) in [7, 11) is 0. The molecule has 0 unspecified atom stereocenters. The van der Waals surface area contributed by atoms with Crippen LogP contribution in [0, 0.1) is 11.8 Å². The predicted octanol–water partition coefficient (Wildman–Crippen LogP) is 1.07. The van der Waals surface area contributed by atoms with E-state index in [0.717, 1.165) is 11.8 Å². The first-order valence-corrected chi connectivity index (χ1v) is 6.96. The highest BCUT2D eigenvalue weighted by molar-refractivity contribution is 5.91. The molecular formula is C13H23N2O+. The van der Waals surface area contributed by atoms with Gasteiger partial charge in [0.05, 0.1) is 30.8 Å².